The average molecular weight is 257 g/mol. The highest BCUT2D eigenvalue weighted by molar-refractivity contribution is 5.97. The Morgan fingerprint density at radius 2 is 2.17 bits per heavy atom. The van der Waals surface area contributed by atoms with E-state index in [1.54, 1.807) is 0 Å². The Hall–Kier alpha value is -2.23. The number of amides is 1. The lowest BCUT2D eigenvalue weighted by Crippen LogP contribution is -2.25. The van der Waals surface area contributed by atoms with Crippen LogP contribution < -0.4 is 10.6 Å². The summed E-state index contributed by atoms with van der Waals surface area (Å²) >= 11 is 0. The molecule has 0 saturated heterocycles. The van der Waals surface area contributed by atoms with E-state index in [0.29, 0.717) is 6.07 Å². The lowest BCUT2D eigenvalue weighted by Gasteiger charge is -2.19. The molecule has 1 aromatic rings. The summed E-state index contributed by atoms with van der Waals surface area (Å²) in [5, 5.41) is 0. The van der Waals surface area contributed by atoms with Gasteiger partial charge in [-0.15, -0.1) is 6.42 Å². The van der Waals surface area contributed by atoms with E-state index in [4.69, 9.17) is 12.2 Å². The number of hydrogen-bond acceptors (Lipinski definition) is 3. The quantitative estimate of drug-likeness (QED) is 0.829. The third-order valence-corrected chi connectivity index (χ3v) is 2.12. The Morgan fingerprint density at radius 3 is 2.61 bits per heavy atom. The molecule has 1 rings (SSSR count). The molecule has 0 spiro atoms. The summed E-state index contributed by atoms with van der Waals surface area (Å²) in [7, 11) is 1.43. The molecule has 0 bridgehead atoms. The van der Waals surface area contributed by atoms with Gasteiger partial charge in [0.25, 0.3) is 5.91 Å². The minimum Gasteiger partial charge on any atom is -0.365 e. The number of terminal acetylenes is 1. The van der Waals surface area contributed by atoms with Crippen molar-refractivity contribution in [2.45, 2.75) is 6.18 Å². The van der Waals surface area contributed by atoms with Crippen LogP contribution in [0.25, 0.3) is 0 Å². The Labute approximate surface area is 102 Å². The number of carbonyl (C=O) groups excluding carboxylic acids is 1. The third-order valence-electron chi connectivity index (χ3n) is 2.12. The van der Waals surface area contributed by atoms with Crippen LogP contribution in [0.15, 0.2) is 12.1 Å². The summed E-state index contributed by atoms with van der Waals surface area (Å²) in [6.07, 6.45) is 0.464. The first kappa shape index (κ1) is 13.8. The number of anilines is 1. The Morgan fingerprint density at radius 1 is 1.56 bits per heavy atom. The molecule has 0 aromatic carbocycles. The molecule has 0 unspecified atom stereocenters. The summed E-state index contributed by atoms with van der Waals surface area (Å²) in [6.45, 7) is 0.00852. The van der Waals surface area contributed by atoms with E-state index < -0.39 is 17.8 Å². The van der Waals surface area contributed by atoms with Crippen LogP contribution in [-0.2, 0) is 6.18 Å². The maximum Gasteiger partial charge on any atom is 0.433 e. The van der Waals surface area contributed by atoms with Crippen LogP contribution in [0.4, 0.5) is 19.0 Å². The number of nitrogens with zero attached hydrogens (tertiary/aromatic N) is 2. The molecule has 0 saturated carbocycles. The molecule has 1 heterocycles. The number of nitrogens with two attached hydrogens (primary N) is 1. The van der Waals surface area contributed by atoms with Gasteiger partial charge in [0.05, 0.1) is 12.1 Å². The molecule has 4 nitrogen and oxygen atoms in total. The second-order valence-electron chi connectivity index (χ2n) is 3.49. The minimum absolute atomic E-state index is 0.00852. The standard InChI is InChI=1S/C11H10F3N3O/c1-3-6-17(2)10-7(9(15)18)4-5-8(16-10)11(12,13)14/h1,4-5H,6H2,2H3,(H2,15,18). The van der Waals surface area contributed by atoms with Gasteiger partial charge in [0.15, 0.2) is 0 Å². The summed E-state index contributed by atoms with van der Waals surface area (Å²) in [4.78, 5) is 15.7. The fourth-order valence-corrected chi connectivity index (χ4v) is 1.30. The normalized spacial score (nSPS) is 10.8. The molecular weight excluding hydrogens is 247 g/mol. The van der Waals surface area contributed by atoms with Gasteiger partial charge in [-0.2, -0.15) is 13.2 Å². The highest BCUT2D eigenvalue weighted by atomic mass is 19.4. The number of aromatic nitrogens is 1. The van der Waals surface area contributed by atoms with Crippen molar-refractivity contribution in [3.8, 4) is 12.3 Å². The fourth-order valence-electron chi connectivity index (χ4n) is 1.30. The van der Waals surface area contributed by atoms with Gasteiger partial charge in [0.1, 0.15) is 11.5 Å². The second-order valence-corrected chi connectivity index (χ2v) is 3.49. The van der Waals surface area contributed by atoms with E-state index in [-0.39, 0.29) is 17.9 Å². The van der Waals surface area contributed by atoms with Crippen LogP contribution in [0, 0.1) is 12.3 Å². The second kappa shape index (κ2) is 4.96. The Balaban J connectivity index is 3.34. The summed E-state index contributed by atoms with van der Waals surface area (Å²) in [5.41, 5.74) is 3.85. The molecule has 0 atom stereocenters. The number of halogens is 3. The van der Waals surface area contributed by atoms with E-state index in [9.17, 15) is 18.0 Å². The molecule has 0 fully saturated rings. The summed E-state index contributed by atoms with van der Waals surface area (Å²) in [5.74, 6) is 1.19. The van der Waals surface area contributed by atoms with Crippen LogP contribution in [0.5, 0.6) is 0 Å². The third kappa shape index (κ3) is 2.91. The average Bonchev–Trinajstić information content (AvgIpc) is 2.27. The lowest BCUT2D eigenvalue weighted by atomic mass is 10.2. The predicted octanol–water partition coefficient (Wildman–Crippen LogP) is 1.27. The van der Waals surface area contributed by atoms with Crippen LogP contribution in [0.1, 0.15) is 16.1 Å². The van der Waals surface area contributed by atoms with Crippen LogP contribution in [0.2, 0.25) is 0 Å². The minimum atomic E-state index is -4.60. The molecule has 18 heavy (non-hydrogen) atoms. The zero-order chi connectivity index (χ0) is 13.9. The van der Waals surface area contributed by atoms with Gasteiger partial charge >= 0.3 is 6.18 Å². The molecule has 0 aliphatic rings. The first-order chi connectivity index (χ1) is 8.27. The number of carbonyl (C=O) groups is 1. The molecular formula is C11H10F3N3O. The van der Waals surface area contributed by atoms with Crippen LogP contribution in [-0.4, -0.2) is 24.5 Å². The lowest BCUT2D eigenvalue weighted by molar-refractivity contribution is -0.141. The Bertz CT molecular complexity index is 505. The molecule has 7 heteroatoms. The first-order valence-electron chi connectivity index (χ1n) is 4.80. The highest BCUT2D eigenvalue weighted by Crippen LogP contribution is 2.30. The van der Waals surface area contributed by atoms with E-state index in [2.05, 4.69) is 10.9 Å². The van der Waals surface area contributed by atoms with Crippen molar-refractivity contribution in [2.75, 3.05) is 18.5 Å². The maximum absolute atomic E-state index is 12.5. The van der Waals surface area contributed by atoms with Gasteiger partial charge in [0, 0.05) is 7.05 Å². The van der Waals surface area contributed by atoms with E-state index in [0.717, 1.165) is 6.07 Å². The largest absolute Gasteiger partial charge is 0.433 e. The van der Waals surface area contributed by atoms with E-state index >= 15 is 0 Å². The monoisotopic (exact) mass is 257 g/mol. The zero-order valence-electron chi connectivity index (χ0n) is 9.45. The van der Waals surface area contributed by atoms with Crippen molar-refractivity contribution in [3.05, 3.63) is 23.4 Å². The highest BCUT2D eigenvalue weighted by Gasteiger charge is 2.33. The molecule has 0 aliphatic carbocycles. The van der Waals surface area contributed by atoms with E-state index in [1.807, 2.05) is 0 Å². The predicted molar refractivity (Wildman–Crippen MR) is 59.9 cm³/mol. The Kier molecular flexibility index (Phi) is 3.81. The maximum atomic E-state index is 12.5. The molecule has 0 radical (unpaired) electrons. The molecule has 96 valence electrons. The SMILES string of the molecule is C#CCN(C)c1nc(C(F)(F)F)ccc1C(N)=O. The van der Waals surface area contributed by atoms with Crippen molar-refractivity contribution in [1.29, 1.82) is 0 Å². The van der Waals surface area contributed by atoms with Gasteiger partial charge in [-0.3, -0.25) is 4.79 Å². The fraction of sp³-hybridized carbons (Fsp3) is 0.273. The van der Waals surface area contributed by atoms with Gasteiger partial charge in [0.2, 0.25) is 0 Å². The number of primary amides is 1. The van der Waals surface area contributed by atoms with E-state index in [1.165, 1.54) is 11.9 Å². The number of hydrogen-bond donors (Lipinski definition) is 1. The number of alkyl halides is 3. The number of rotatable bonds is 3. The summed E-state index contributed by atoms with van der Waals surface area (Å²) < 4.78 is 37.5. The van der Waals surface area contributed by atoms with Crippen LogP contribution >= 0.6 is 0 Å². The van der Waals surface area contributed by atoms with Crippen molar-refractivity contribution < 1.29 is 18.0 Å². The van der Waals surface area contributed by atoms with Crippen molar-refractivity contribution in [2.24, 2.45) is 5.73 Å². The van der Waals surface area contributed by atoms with Crippen molar-refractivity contribution >= 4 is 11.7 Å². The topological polar surface area (TPSA) is 59.2 Å². The smallest absolute Gasteiger partial charge is 0.365 e. The van der Waals surface area contributed by atoms with Crippen molar-refractivity contribution in [1.82, 2.24) is 4.98 Å². The summed E-state index contributed by atoms with van der Waals surface area (Å²) in [6, 6.07) is 1.69. The zero-order valence-corrected chi connectivity index (χ0v) is 9.45. The molecule has 0 aliphatic heterocycles. The van der Waals surface area contributed by atoms with Gasteiger partial charge < -0.3 is 10.6 Å². The van der Waals surface area contributed by atoms with Gasteiger partial charge in [-0.25, -0.2) is 4.98 Å². The van der Waals surface area contributed by atoms with Gasteiger partial charge in [-0.1, -0.05) is 5.92 Å². The molecule has 2 N–H and O–H groups in total. The molecule has 1 amide bonds. The van der Waals surface area contributed by atoms with Crippen LogP contribution in [0.3, 0.4) is 0 Å². The first-order valence-corrected chi connectivity index (χ1v) is 4.80. The molecule has 1 aromatic heterocycles. The van der Waals surface area contributed by atoms with Crippen molar-refractivity contribution in [3.63, 3.8) is 0 Å². The van der Waals surface area contributed by atoms with Gasteiger partial charge in [-0.05, 0) is 12.1 Å². The number of pyridine rings is 1.